The molecule has 2 N–H and O–H groups in total. The molecule has 1 atom stereocenters. The van der Waals surface area contributed by atoms with Crippen LogP contribution in [0, 0.1) is 0 Å². The van der Waals surface area contributed by atoms with E-state index in [0.717, 1.165) is 10.1 Å². The van der Waals surface area contributed by atoms with Crippen LogP contribution in [0.2, 0.25) is 0 Å². The lowest BCUT2D eigenvalue weighted by Gasteiger charge is -2.16. The quantitative estimate of drug-likeness (QED) is 0.409. The molecule has 10 heteroatoms. The highest BCUT2D eigenvalue weighted by Crippen LogP contribution is 2.17. The average molecular weight is 428 g/mol. The molecule has 0 aliphatic carbocycles. The smallest absolute Gasteiger partial charge is 0.332 e. The number of aryl methyl sites for hydroxylation is 1. The molecule has 10 nitrogen and oxygen atoms in total. The SMILES string of the molecule is C/C(=N/Nc1nc2c(c(=O)n(C)c(=O)n2C)n1C[C@@H](O)COC(C)C)c1ccccc1. The second kappa shape index (κ2) is 9.27. The summed E-state index contributed by atoms with van der Waals surface area (Å²) in [4.78, 5) is 29.6. The lowest BCUT2D eigenvalue weighted by Crippen LogP contribution is -2.38. The van der Waals surface area contributed by atoms with Crippen LogP contribution in [0.4, 0.5) is 5.95 Å². The number of anilines is 1. The minimum Gasteiger partial charge on any atom is -0.389 e. The first-order valence-corrected chi connectivity index (χ1v) is 10.0. The van der Waals surface area contributed by atoms with Crippen LogP contribution in [-0.4, -0.2) is 48.3 Å². The van der Waals surface area contributed by atoms with Crippen LogP contribution in [-0.2, 0) is 25.4 Å². The third kappa shape index (κ3) is 4.75. The van der Waals surface area contributed by atoms with Crippen molar-refractivity contribution < 1.29 is 9.84 Å². The number of hydrogen-bond acceptors (Lipinski definition) is 7. The number of nitrogens with zero attached hydrogens (tertiary/aromatic N) is 5. The van der Waals surface area contributed by atoms with E-state index in [1.807, 2.05) is 51.1 Å². The Morgan fingerprint density at radius 1 is 1.19 bits per heavy atom. The van der Waals surface area contributed by atoms with Gasteiger partial charge in [0.15, 0.2) is 11.2 Å². The molecule has 0 unspecified atom stereocenters. The lowest BCUT2D eigenvalue weighted by atomic mass is 10.1. The van der Waals surface area contributed by atoms with E-state index < -0.39 is 17.4 Å². The van der Waals surface area contributed by atoms with Gasteiger partial charge in [-0.25, -0.2) is 10.2 Å². The van der Waals surface area contributed by atoms with Crippen molar-refractivity contribution in [2.75, 3.05) is 12.0 Å². The molecular weight excluding hydrogens is 400 g/mol. The summed E-state index contributed by atoms with van der Waals surface area (Å²) >= 11 is 0. The first-order valence-electron chi connectivity index (χ1n) is 10.0. The fourth-order valence-corrected chi connectivity index (χ4v) is 3.15. The molecule has 0 bridgehead atoms. The zero-order valence-electron chi connectivity index (χ0n) is 18.4. The Morgan fingerprint density at radius 3 is 2.52 bits per heavy atom. The Kier molecular flexibility index (Phi) is 6.71. The van der Waals surface area contributed by atoms with E-state index in [1.54, 1.807) is 7.05 Å². The Bertz CT molecular complexity index is 1210. The maximum atomic E-state index is 12.9. The molecule has 0 saturated carbocycles. The minimum atomic E-state index is -0.888. The number of benzene rings is 1. The van der Waals surface area contributed by atoms with Crippen molar-refractivity contribution in [3.8, 4) is 0 Å². The van der Waals surface area contributed by atoms with Gasteiger partial charge in [0, 0.05) is 14.1 Å². The zero-order valence-corrected chi connectivity index (χ0v) is 18.4. The number of aromatic nitrogens is 4. The summed E-state index contributed by atoms with van der Waals surface area (Å²) in [6.07, 6.45) is -0.930. The number of imidazole rings is 1. The average Bonchev–Trinajstić information content (AvgIpc) is 3.11. The van der Waals surface area contributed by atoms with Gasteiger partial charge in [-0.2, -0.15) is 10.1 Å². The van der Waals surface area contributed by atoms with Crippen molar-refractivity contribution in [1.82, 2.24) is 18.7 Å². The number of ether oxygens (including phenoxy) is 1. The Labute approximate surface area is 179 Å². The highest BCUT2D eigenvalue weighted by Gasteiger charge is 2.21. The second-order valence-electron chi connectivity index (χ2n) is 7.63. The molecule has 3 rings (SSSR count). The summed E-state index contributed by atoms with van der Waals surface area (Å²) in [5.41, 5.74) is 3.94. The fraction of sp³-hybridized carbons (Fsp3) is 0.429. The number of hydrazone groups is 1. The summed E-state index contributed by atoms with van der Waals surface area (Å²) in [6, 6.07) is 9.59. The number of hydrogen-bond donors (Lipinski definition) is 2. The first-order chi connectivity index (χ1) is 14.7. The Balaban J connectivity index is 2.07. The van der Waals surface area contributed by atoms with Crippen LogP contribution in [0.5, 0.6) is 0 Å². The minimum absolute atomic E-state index is 0.0406. The normalized spacial score (nSPS) is 13.2. The van der Waals surface area contributed by atoms with Crippen molar-refractivity contribution in [3.05, 3.63) is 56.7 Å². The van der Waals surface area contributed by atoms with E-state index in [9.17, 15) is 14.7 Å². The van der Waals surface area contributed by atoms with Crippen LogP contribution in [0.3, 0.4) is 0 Å². The molecule has 31 heavy (non-hydrogen) atoms. The number of aliphatic hydroxyl groups is 1. The van der Waals surface area contributed by atoms with E-state index in [4.69, 9.17) is 4.74 Å². The molecule has 1 aromatic carbocycles. The number of rotatable bonds is 8. The van der Waals surface area contributed by atoms with Crippen molar-refractivity contribution in [2.45, 2.75) is 39.5 Å². The molecule has 0 amide bonds. The molecule has 3 aromatic rings. The van der Waals surface area contributed by atoms with E-state index in [2.05, 4.69) is 15.5 Å². The van der Waals surface area contributed by atoms with Gasteiger partial charge < -0.3 is 14.4 Å². The molecule has 166 valence electrons. The number of nitrogens with one attached hydrogen (secondary N) is 1. The highest BCUT2D eigenvalue weighted by atomic mass is 16.5. The molecule has 0 fully saturated rings. The molecule has 0 aliphatic rings. The van der Waals surface area contributed by atoms with Crippen LogP contribution in [0.25, 0.3) is 11.2 Å². The monoisotopic (exact) mass is 428 g/mol. The lowest BCUT2D eigenvalue weighted by molar-refractivity contribution is -0.000110. The van der Waals surface area contributed by atoms with Gasteiger partial charge in [-0.3, -0.25) is 13.9 Å². The van der Waals surface area contributed by atoms with Crippen molar-refractivity contribution in [2.24, 2.45) is 19.2 Å². The largest absolute Gasteiger partial charge is 0.389 e. The van der Waals surface area contributed by atoms with E-state index >= 15 is 0 Å². The van der Waals surface area contributed by atoms with Gasteiger partial charge in [0.1, 0.15) is 0 Å². The standard InChI is InChI=1S/C21H28N6O4/c1-13(2)31-12-16(28)11-27-17-18(25(4)21(30)26(5)19(17)29)22-20(27)24-23-14(3)15-9-7-6-8-10-15/h6-10,13,16,28H,11-12H2,1-5H3,(H,22,24)/b23-14-/t16-/m1/s1. The van der Waals surface area contributed by atoms with Crippen molar-refractivity contribution >= 4 is 22.8 Å². The molecule has 0 spiro atoms. The van der Waals surface area contributed by atoms with Gasteiger partial charge in [0.05, 0.1) is 31.1 Å². The van der Waals surface area contributed by atoms with Gasteiger partial charge in [-0.1, -0.05) is 30.3 Å². The molecule has 2 aromatic heterocycles. The van der Waals surface area contributed by atoms with E-state index in [0.29, 0.717) is 5.71 Å². The van der Waals surface area contributed by atoms with Crippen LogP contribution in [0.1, 0.15) is 26.3 Å². The predicted molar refractivity (Wildman–Crippen MR) is 120 cm³/mol. The summed E-state index contributed by atoms with van der Waals surface area (Å²) in [6.45, 7) is 5.72. The van der Waals surface area contributed by atoms with E-state index in [-0.39, 0.29) is 36.4 Å². The van der Waals surface area contributed by atoms with Crippen LogP contribution >= 0.6 is 0 Å². The molecule has 2 heterocycles. The second-order valence-corrected chi connectivity index (χ2v) is 7.63. The molecule has 0 radical (unpaired) electrons. The summed E-state index contributed by atoms with van der Waals surface area (Å²) < 4.78 is 9.33. The van der Waals surface area contributed by atoms with Crippen molar-refractivity contribution in [3.63, 3.8) is 0 Å². The third-order valence-corrected chi connectivity index (χ3v) is 4.88. The predicted octanol–water partition coefficient (Wildman–Crippen LogP) is 1.06. The van der Waals surface area contributed by atoms with Crippen LogP contribution < -0.4 is 16.7 Å². The highest BCUT2D eigenvalue weighted by molar-refractivity contribution is 5.99. The van der Waals surface area contributed by atoms with E-state index in [1.165, 1.54) is 16.2 Å². The maximum absolute atomic E-state index is 12.9. The third-order valence-electron chi connectivity index (χ3n) is 4.88. The Hall–Kier alpha value is -3.24. The number of aliphatic hydroxyl groups excluding tert-OH is 1. The van der Waals surface area contributed by atoms with Gasteiger partial charge in [-0.05, 0) is 26.3 Å². The topological polar surface area (TPSA) is 116 Å². The molecule has 0 aliphatic heterocycles. The zero-order chi connectivity index (χ0) is 22.7. The summed E-state index contributed by atoms with van der Waals surface area (Å²) in [5.74, 6) is 0.243. The van der Waals surface area contributed by atoms with Gasteiger partial charge in [0.25, 0.3) is 5.56 Å². The van der Waals surface area contributed by atoms with Gasteiger partial charge in [-0.15, -0.1) is 0 Å². The Morgan fingerprint density at radius 2 is 1.87 bits per heavy atom. The van der Waals surface area contributed by atoms with Gasteiger partial charge >= 0.3 is 5.69 Å². The van der Waals surface area contributed by atoms with Gasteiger partial charge in [0.2, 0.25) is 5.95 Å². The molecule has 0 saturated heterocycles. The maximum Gasteiger partial charge on any atom is 0.332 e. The summed E-state index contributed by atoms with van der Waals surface area (Å²) in [7, 11) is 2.95. The molecular formula is C21H28N6O4. The first kappa shape index (κ1) is 22.4. The summed E-state index contributed by atoms with van der Waals surface area (Å²) in [5, 5.41) is 14.9. The fourth-order valence-electron chi connectivity index (χ4n) is 3.15. The number of fused-ring (bicyclic) bond motifs is 1. The van der Waals surface area contributed by atoms with Crippen LogP contribution in [0.15, 0.2) is 45.0 Å². The van der Waals surface area contributed by atoms with Crippen molar-refractivity contribution in [1.29, 1.82) is 0 Å².